The highest BCUT2D eigenvalue weighted by atomic mass is 35.5. The minimum atomic E-state index is -0.202. The maximum absolute atomic E-state index is 11.6. The van der Waals surface area contributed by atoms with Crippen molar-refractivity contribution in [2.24, 2.45) is 5.10 Å². The van der Waals surface area contributed by atoms with Gasteiger partial charge in [0, 0.05) is 15.6 Å². The van der Waals surface area contributed by atoms with Crippen molar-refractivity contribution in [3.8, 4) is 0 Å². The third kappa shape index (κ3) is 4.36. The van der Waals surface area contributed by atoms with Gasteiger partial charge in [-0.3, -0.25) is 4.79 Å². The third-order valence-electron chi connectivity index (χ3n) is 2.55. The lowest BCUT2D eigenvalue weighted by Crippen LogP contribution is -2.26. The number of benzene rings is 1. The Kier molecular flexibility index (Phi) is 5.15. The lowest BCUT2D eigenvalue weighted by atomic mass is 10.2. The quantitative estimate of drug-likeness (QED) is 0.658. The minimum Gasteiger partial charge on any atom is -0.376 e. The largest absolute Gasteiger partial charge is 0.376 e. The Balaban J connectivity index is 1.80. The van der Waals surface area contributed by atoms with Crippen molar-refractivity contribution < 1.29 is 4.79 Å². The van der Waals surface area contributed by atoms with E-state index in [1.807, 2.05) is 36.6 Å². The molecule has 1 aromatic carbocycles. The average Bonchev–Trinajstić information content (AvgIpc) is 2.91. The molecule has 2 rings (SSSR count). The summed E-state index contributed by atoms with van der Waals surface area (Å²) in [6.45, 7) is 2.09. The number of nitrogens with one attached hydrogen (secondary N) is 2. The number of hydrogen-bond donors (Lipinski definition) is 2. The predicted octanol–water partition coefficient (Wildman–Crippen LogP) is 3.27. The summed E-state index contributed by atoms with van der Waals surface area (Å²) in [4.78, 5) is 12.6. The molecular formula is C14H14ClN3OS. The van der Waals surface area contributed by atoms with E-state index in [0.29, 0.717) is 5.02 Å². The number of carbonyl (C=O) groups is 1. The molecule has 0 atom stereocenters. The number of carbonyl (C=O) groups excluding carboxylic acids is 1. The SMILES string of the molecule is Cc1cc(Cl)ccc1NCC(=O)NN=Cc1cccs1. The summed E-state index contributed by atoms with van der Waals surface area (Å²) in [6.07, 6.45) is 1.62. The topological polar surface area (TPSA) is 53.5 Å². The van der Waals surface area contributed by atoms with Gasteiger partial charge in [-0.1, -0.05) is 17.7 Å². The number of anilines is 1. The second kappa shape index (κ2) is 7.07. The van der Waals surface area contributed by atoms with Crippen molar-refractivity contribution in [3.63, 3.8) is 0 Å². The molecule has 1 aromatic heterocycles. The first-order chi connectivity index (χ1) is 9.65. The van der Waals surface area contributed by atoms with Crippen LogP contribution in [0.4, 0.5) is 5.69 Å². The summed E-state index contributed by atoms with van der Waals surface area (Å²) in [7, 11) is 0. The van der Waals surface area contributed by atoms with Gasteiger partial charge in [-0.15, -0.1) is 11.3 Å². The normalized spacial score (nSPS) is 10.7. The van der Waals surface area contributed by atoms with Gasteiger partial charge in [0.2, 0.25) is 0 Å². The Morgan fingerprint density at radius 1 is 1.45 bits per heavy atom. The van der Waals surface area contributed by atoms with Crippen LogP contribution in [0.25, 0.3) is 0 Å². The molecule has 0 radical (unpaired) electrons. The van der Waals surface area contributed by atoms with Gasteiger partial charge in [0.1, 0.15) is 0 Å². The second-order valence-electron chi connectivity index (χ2n) is 4.12. The Labute approximate surface area is 126 Å². The van der Waals surface area contributed by atoms with Gasteiger partial charge >= 0.3 is 0 Å². The zero-order valence-electron chi connectivity index (χ0n) is 10.9. The molecule has 0 aliphatic rings. The summed E-state index contributed by atoms with van der Waals surface area (Å²) in [5, 5.41) is 9.56. The van der Waals surface area contributed by atoms with Crippen LogP contribution in [0.5, 0.6) is 0 Å². The van der Waals surface area contributed by atoms with E-state index in [2.05, 4.69) is 15.8 Å². The Morgan fingerprint density at radius 3 is 3.00 bits per heavy atom. The molecule has 0 unspecified atom stereocenters. The number of hydrogen-bond acceptors (Lipinski definition) is 4. The highest BCUT2D eigenvalue weighted by Gasteiger charge is 2.02. The highest BCUT2D eigenvalue weighted by Crippen LogP contribution is 2.19. The van der Waals surface area contributed by atoms with Gasteiger partial charge in [0.05, 0.1) is 12.8 Å². The molecule has 0 fully saturated rings. The number of amides is 1. The maximum atomic E-state index is 11.6. The van der Waals surface area contributed by atoms with Crippen LogP contribution in [0.15, 0.2) is 40.8 Å². The van der Waals surface area contributed by atoms with E-state index in [9.17, 15) is 4.79 Å². The molecule has 104 valence electrons. The molecule has 4 nitrogen and oxygen atoms in total. The van der Waals surface area contributed by atoms with E-state index in [1.165, 1.54) is 0 Å². The van der Waals surface area contributed by atoms with Crippen molar-refractivity contribution in [1.82, 2.24) is 5.43 Å². The molecule has 20 heavy (non-hydrogen) atoms. The molecule has 2 N–H and O–H groups in total. The molecule has 2 aromatic rings. The second-order valence-corrected chi connectivity index (χ2v) is 5.54. The zero-order valence-corrected chi connectivity index (χ0v) is 12.5. The predicted molar refractivity (Wildman–Crippen MR) is 84.7 cm³/mol. The summed E-state index contributed by atoms with van der Waals surface area (Å²) >= 11 is 7.43. The van der Waals surface area contributed by atoms with E-state index in [-0.39, 0.29) is 12.5 Å². The van der Waals surface area contributed by atoms with E-state index in [1.54, 1.807) is 23.6 Å². The number of hydrazone groups is 1. The third-order valence-corrected chi connectivity index (χ3v) is 3.59. The van der Waals surface area contributed by atoms with E-state index in [0.717, 1.165) is 16.1 Å². The Morgan fingerprint density at radius 2 is 2.30 bits per heavy atom. The summed E-state index contributed by atoms with van der Waals surface area (Å²) in [5.41, 5.74) is 4.34. The van der Waals surface area contributed by atoms with Crippen LogP contribution >= 0.6 is 22.9 Å². The number of halogens is 1. The molecule has 0 saturated heterocycles. The molecule has 1 amide bonds. The Bertz CT molecular complexity index is 611. The van der Waals surface area contributed by atoms with Crippen LogP contribution in [0.2, 0.25) is 5.02 Å². The molecule has 6 heteroatoms. The smallest absolute Gasteiger partial charge is 0.259 e. The van der Waals surface area contributed by atoms with Crippen molar-refractivity contribution >= 4 is 40.7 Å². The summed E-state index contributed by atoms with van der Waals surface area (Å²) in [6, 6.07) is 9.33. The molecule has 0 spiro atoms. The molecule has 0 aliphatic carbocycles. The molecule has 0 bridgehead atoms. The first-order valence-corrected chi connectivity index (χ1v) is 7.26. The van der Waals surface area contributed by atoms with E-state index >= 15 is 0 Å². The number of rotatable bonds is 5. The fraction of sp³-hybridized carbons (Fsp3) is 0.143. The van der Waals surface area contributed by atoms with Crippen LogP contribution in [-0.2, 0) is 4.79 Å². The number of thiophene rings is 1. The van der Waals surface area contributed by atoms with Gasteiger partial charge < -0.3 is 5.32 Å². The first kappa shape index (κ1) is 14.6. The van der Waals surface area contributed by atoms with Gasteiger partial charge in [-0.25, -0.2) is 5.43 Å². The van der Waals surface area contributed by atoms with Crippen molar-refractivity contribution in [2.75, 3.05) is 11.9 Å². The van der Waals surface area contributed by atoms with Crippen molar-refractivity contribution in [2.45, 2.75) is 6.92 Å². The van der Waals surface area contributed by atoms with Gasteiger partial charge in [-0.2, -0.15) is 5.10 Å². The van der Waals surface area contributed by atoms with Crippen LogP contribution in [0.1, 0.15) is 10.4 Å². The van der Waals surface area contributed by atoms with Crippen LogP contribution < -0.4 is 10.7 Å². The molecule has 1 heterocycles. The fourth-order valence-electron chi connectivity index (χ4n) is 1.57. The summed E-state index contributed by atoms with van der Waals surface area (Å²) in [5.74, 6) is -0.202. The van der Waals surface area contributed by atoms with Crippen LogP contribution in [0.3, 0.4) is 0 Å². The van der Waals surface area contributed by atoms with Gasteiger partial charge in [0.25, 0.3) is 5.91 Å². The zero-order chi connectivity index (χ0) is 14.4. The van der Waals surface area contributed by atoms with Crippen molar-refractivity contribution in [3.05, 3.63) is 51.2 Å². The number of aryl methyl sites for hydroxylation is 1. The lowest BCUT2D eigenvalue weighted by molar-refractivity contribution is -0.119. The monoisotopic (exact) mass is 307 g/mol. The summed E-state index contributed by atoms with van der Waals surface area (Å²) < 4.78 is 0. The standard InChI is InChI=1S/C14H14ClN3OS/c1-10-7-11(15)4-5-13(10)16-9-14(19)18-17-8-12-3-2-6-20-12/h2-8,16H,9H2,1H3,(H,18,19). The highest BCUT2D eigenvalue weighted by molar-refractivity contribution is 7.11. The molecule has 0 saturated carbocycles. The average molecular weight is 308 g/mol. The lowest BCUT2D eigenvalue weighted by Gasteiger charge is -2.08. The van der Waals surface area contributed by atoms with Crippen LogP contribution in [-0.4, -0.2) is 18.7 Å². The van der Waals surface area contributed by atoms with E-state index in [4.69, 9.17) is 11.6 Å². The van der Waals surface area contributed by atoms with Crippen molar-refractivity contribution in [1.29, 1.82) is 0 Å². The molecular weight excluding hydrogens is 294 g/mol. The molecule has 0 aliphatic heterocycles. The van der Waals surface area contributed by atoms with Gasteiger partial charge in [-0.05, 0) is 42.1 Å². The number of nitrogens with zero attached hydrogens (tertiary/aromatic N) is 1. The first-order valence-electron chi connectivity index (χ1n) is 6.00. The van der Waals surface area contributed by atoms with Gasteiger partial charge in [0.15, 0.2) is 0 Å². The van der Waals surface area contributed by atoms with Crippen LogP contribution in [0, 0.1) is 6.92 Å². The fourth-order valence-corrected chi connectivity index (χ4v) is 2.38. The minimum absolute atomic E-state index is 0.157. The Hall–Kier alpha value is -1.85. The maximum Gasteiger partial charge on any atom is 0.259 e. The van der Waals surface area contributed by atoms with E-state index < -0.39 is 0 Å².